The summed E-state index contributed by atoms with van der Waals surface area (Å²) < 4.78 is 5.37. The Labute approximate surface area is 104 Å². The van der Waals surface area contributed by atoms with Gasteiger partial charge in [-0.2, -0.15) is 0 Å². The van der Waals surface area contributed by atoms with Gasteiger partial charge in [0, 0.05) is 20.2 Å². The molecule has 0 spiro atoms. The number of methoxy groups -OCH3 is 1. The molecule has 100 valence electrons. The van der Waals surface area contributed by atoms with Crippen LogP contribution >= 0.6 is 0 Å². The second-order valence-corrected chi connectivity index (χ2v) is 5.35. The zero-order chi connectivity index (χ0) is 12.9. The van der Waals surface area contributed by atoms with Gasteiger partial charge in [0.1, 0.15) is 0 Å². The fourth-order valence-electron chi connectivity index (χ4n) is 2.65. The maximum atomic E-state index is 11.4. The van der Waals surface area contributed by atoms with Gasteiger partial charge < -0.3 is 9.84 Å². The number of rotatable bonds is 6. The van der Waals surface area contributed by atoms with Gasteiger partial charge in [-0.1, -0.05) is 13.3 Å². The second-order valence-electron chi connectivity index (χ2n) is 5.35. The largest absolute Gasteiger partial charge is 0.481 e. The molecule has 0 bridgehead atoms. The van der Waals surface area contributed by atoms with E-state index in [9.17, 15) is 9.90 Å². The fourth-order valence-corrected chi connectivity index (χ4v) is 2.65. The van der Waals surface area contributed by atoms with Gasteiger partial charge >= 0.3 is 5.97 Å². The first-order valence-corrected chi connectivity index (χ1v) is 6.50. The van der Waals surface area contributed by atoms with E-state index in [1.54, 1.807) is 7.11 Å². The van der Waals surface area contributed by atoms with E-state index in [1.807, 2.05) is 13.8 Å². The standard InChI is InChI=1S/C13H25NO3/c1-4-7-13(2,12(15)16)10-14-8-5-6-11(9-14)17-3/h11H,4-10H2,1-3H3,(H,15,16). The predicted molar refractivity (Wildman–Crippen MR) is 67.1 cm³/mol. The first-order valence-electron chi connectivity index (χ1n) is 6.50. The summed E-state index contributed by atoms with van der Waals surface area (Å²) in [6.07, 6.45) is 4.09. The summed E-state index contributed by atoms with van der Waals surface area (Å²) in [7, 11) is 1.73. The summed E-state index contributed by atoms with van der Waals surface area (Å²) in [5.41, 5.74) is -0.621. The van der Waals surface area contributed by atoms with Crippen molar-refractivity contribution in [1.82, 2.24) is 4.90 Å². The van der Waals surface area contributed by atoms with E-state index in [0.29, 0.717) is 6.54 Å². The molecule has 0 radical (unpaired) electrons. The highest BCUT2D eigenvalue weighted by molar-refractivity contribution is 5.74. The molecule has 0 aliphatic carbocycles. The molecule has 4 heteroatoms. The molecule has 0 amide bonds. The van der Waals surface area contributed by atoms with E-state index in [0.717, 1.165) is 38.8 Å². The van der Waals surface area contributed by atoms with Crippen molar-refractivity contribution in [3.8, 4) is 0 Å². The summed E-state index contributed by atoms with van der Waals surface area (Å²) in [4.78, 5) is 13.6. The number of hydrogen-bond donors (Lipinski definition) is 1. The van der Waals surface area contributed by atoms with Crippen molar-refractivity contribution >= 4 is 5.97 Å². The van der Waals surface area contributed by atoms with Gasteiger partial charge in [0.15, 0.2) is 0 Å². The highest BCUT2D eigenvalue weighted by Gasteiger charge is 2.35. The number of nitrogens with zero attached hydrogens (tertiary/aromatic N) is 1. The Morgan fingerprint density at radius 1 is 1.59 bits per heavy atom. The van der Waals surface area contributed by atoms with Crippen LogP contribution in [0.4, 0.5) is 0 Å². The molecule has 4 nitrogen and oxygen atoms in total. The Balaban J connectivity index is 2.57. The number of carbonyl (C=O) groups is 1. The summed E-state index contributed by atoms with van der Waals surface area (Å²) in [6.45, 7) is 6.39. The Bertz CT molecular complexity index is 257. The first-order chi connectivity index (χ1) is 8.01. The van der Waals surface area contributed by atoms with Crippen LogP contribution in [-0.4, -0.2) is 48.8 Å². The van der Waals surface area contributed by atoms with Crippen molar-refractivity contribution in [1.29, 1.82) is 0 Å². The van der Waals surface area contributed by atoms with Gasteiger partial charge in [0.25, 0.3) is 0 Å². The van der Waals surface area contributed by atoms with Crippen LogP contribution in [-0.2, 0) is 9.53 Å². The average molecular weight is 243 g/mol. The zero-order valence-corrected chi connectivity index (χ0v) is 11.2. The van der Waals surface area contributed by atoms with Gasteiger partial charge in [-0.05, 0) is 32.7 Å². The van der Waals surface area contributed by atoms with Crippen LogP contribution in [0.25, 0.3) is 0 Å². The minimum Gasteiger partial charge on any atom is -0.481 e. The fraction of sp³-hybridized carbons (Fsp3) is 0.923. The monoisotopic (exact) mass is 243 g/mol. The molecule has 2 unspecified atom stereocenters. The lowest BCUT2D eigenvalue weighted by Gasteiger charge is -2.37. The quantitative estimate of drug-likeness (QED) is 0.775. The second kappa shape index (κ2) is 6.36. The molecular weight excluding hydrogens is 218 g/mol. The number of carboxylic acid groups (broad SMARTS) is 1. The average Bonchev–Trinajstić information content (AvgIpc) is 2.29. The number of hydrogen-bond acceptors (Lipinski definition) is 3. The zero-order valence-electron chi connectivity index (χ0n) is 11.2. The van der Waals surface area contributed by atoms with Gasteiger partial charge in [-0.15, -0.1) is 0 Å². The van der Waals surface area contributed by atoms with Crippen LogP contribution in [0.2, 0.25) is 0 Å². The molecule has 1 rings (SSSR count). The lowest BCUT2D eigenvalue weighted by molar-refractivity contribution is -0.150. The molecule has 1 saturated heterocycles. The molecular formula is C13H25NO3. The summed E-state index contributed by atoms with van der Waals surface area (Å²) >= 11 is 0. The highest BCUT2D eigenvalue weighted by Crippen LogP contribution is 2.27. The van der Waals surface area contributed by atoms with Crippen molar-refractivity contribution in [3.05, 3.63) is 0 Å². The first kappa shape index (κ1) is 14.5. The van der Waals surface area contributed by atoms with Crippen molar-refractivity contribution in [2.45, 2.75) is 45.6 Å². The van der Waals surface area contributed by atoms with Gasteiger partial charge in [0.05, 0.1) is 11.5 Å². The van der Waals surface area contributed by atoms with E-state index in [4.69, 9.17) is 4.74 Å². The van der Waals surface area contributed by atoms with Gasteiger partial charge in [-0.25, -0.2) is 0 Å². The Kier molecular flexibility index (Phi) is 5.40. The van der Waals surface area contributed by atoms with Crippen molar-refractivity contribution in [3.63, 3.8) is 0 Å². The van der Waals surface area contributed by atoms with Crippen molar-refractivity contribution < 1.29 is 14.6 Å². The predicted octanol–water partition coefficient (Wildman–Crippen LogP) is 1.99. The highest BCUT2D eigenvalue weighted by atomic mass is 16.5. The molecule has 1 aliphatic rings. The van der Waals surface area contributed by atoms with Gasteiger partial charge in [-0.3, -0.25) is 9.69 Å². The number of piperidine rings is 1. The van der Waals surface area contributed by atoms with E-state index >= 15 is 0 Å². The summed E-state index contributed by atoms with van der Waals surface area (Å²) in [5, 5.41) is 9.36. The van der Waals surface area contributed by atoms with Crippen LogP contribution in [0.1, 0.15) is 39.5 Å². The van der Waals surface area contributed by atoms with Crippen LogP contribution < -0.4 is 0 Å². The minimum atomic E-state index is -0.682. The number of aliphatic carboxylic acids is 1. The molecule has 0 saturated carbocycles. The van der Waals surface area contributed by atoms with Crippen LogP contribution in [0.5, 0.6) is 0 Å². The van der Waals surface area contributed by atoms with Crippen LogP contribution in [0.3, 0.4) is 0 Å². The molecule has 1 N–H and O–H groups in total. The third kappa shape index (κ3) is 3.96. The van der Waals surface area contributed by atoms with Gasteiger partial charge in [0.2, 0.25) is 0 Å². The summed E-state index contributed by atoms with van der Waals surface area (Å²) in [6, 6.07) is 0. The maximum absolute atomic E-state index is 11.4. The lowest BCUT2D eigenvalue weighted by atomic mass is 9.84. The molecule has 0 aromatic rings. The lowest BCUT2D eigenvalue weighted by Crippen LogP contribution is -2.47. The molecule has 2 atom stereocenters. The Morgan fingerprint density at radius 3 is 2.82 bits per heavy atom. The third-order valence-corrected chi connectivity index (χ3v) is 3.69. The van der Waals surface area contributed by atoms with Crippen molar-refractivity contribution in [2.75, 3.05) is 26.7 Å². The van der Waals surface area contributed by atoms with E-state index < -0.39 is 11.4 Å². The molecule has 0 aromatic heterocycles. The number of carboxylic acids is 1. The smallest absolute Gasteiger partial charge is 0.310 e. The number of ether oxygens (including phenoxy) is 1. The van der Waals surface area contributed by atoms with Crippen LogP contribution in [0, 0.1) is 5.41 Å². The number of likely N-dealkylation sites (tertiary alicyclic amines) is 1. The minimum absolute atomic E-state index is 0.267. The SMILES string of the molecule is CCCC(C)(CN1CCCC(OC)C1)C(=O)O. The van der Waals surface area contributed by atoms with Crippen molar-refractivity contribution in [2.24, 2.45) is 5.41 Å². The Hall–Kier alpha value is -0.610. The Morgan fingerprint density at radius 2 is 2.29 bits per heavy atom. The maximum Gasteiger partial charge on any atom is 0.310 e. The third-order valence-electron chi connectivity index (χ3n) is 3.69. The van der Waals surface area contributed by atoms with E-state index in [1.165, 1.54) is 0 Å². The van der Waals surface area contributed by atoms with E-state index in [2.05, 4.69) is 4.90 Å². The topological polar surface area (TPSA) is 49.8 Å². The van der Waals surface area contributed by atoms with Crippen LogP contribution in [0.15, 0.2) is 0 Å². The molecule has 1 aliphatic heterocycles. The summed E-state index contributed by atoms with van der Waals surface area (Å²) in [5.74, 6) is -0.682. The normalized spacial score (nSPS) is 25.5. The molecule has 1 heterocycles. The molecule has 17 heavy (non-hydrogen) atoms. The molecule has 0 aromatic carbocycles. The molecule has 1 fully saturated rings. The van der Waals surface area contributed by atoms with E-state index in [-0.39, 0.29) is 6.10 Å².